The van der Waals surface area contributed by atoms with Gasteiger partial charge in [-0.3, -0.25) is 10.2 Å². The monoisotopic (exact) mass is 883 g/mol. The number of carbonyl (C=O) groups excluding carboxylic acids is 1. The minimum Gasteiger partial charge on any atom is -0.480 e. The average Bonchev–Trinajstić information content (AvgIpc) is 3.80. The third kappa shape index (κ3) is 9.68. The molecule has 4 aliphatic rings. The van der Waals surface area contributed by atoms with Crippen LogP contribution in [0, 0.1) is 28.4 Å². The SMILES string of the molecule is CC.CO.COc1nc(-c2ccc(F)c3sc(NC(=O)OC(C)(C)C)c(C#N)c23)c(F)c2nc(OCC34CCCC3N(C3CCOCC3)CCC4)nc(N3CCOCC(O)C3)c12. The van der Waals surface area contributed by atoms with E-state index in [1.54, 1.807) is 25.7 Å². The van der Waals surface area contributed by atoms with Crippen molar-refractivity contribution in [1.29, 1.82) is 5.26 Å². The van der Waals surface area contributed by atoms with E-state index in [0.717, 1.165) is 89.2 Å². The largest absolute Gasteiger partial charge is 0.480 e. The lowest BCUT2D eigenvalue weighted by atomic mass is 9.74. The number of β-amino-alcohol motifs (C(OH)–C–C–N with tert-alkyl or cyclic N) is 1. The lowest BCUT2D eigenvalue weighted by Gasteiger charge is -2.50. The van der Waals surface area contributed by atoms with Gasteiger partial charge in [-0.25, -0.2) is 18.6 Å². The molecule has 4 aromatic rings. The van der Waals surface area contributed by atoms with E-state index in [1.165, 1.54) is 13.2 Å². The number of hydrogen-bond acceptors (Lipinski definition) is 15. The number of piperidine rings is 1. The van der Waals surface area contributed by atoms with E-state index in [4.69, 9.17) is 38.8 Å². The van der Waals surface area contributed by atoms with Crippen LogP contribution in [0.15, 0.2) is 12.1 Å². The summed E-state index contributed by atoms with van der Waals surface area (Å²) in [7, 11) is 2.39. The number of benzene rings is 1. The number of likely N-dealkylation sites (tertiary alicyclic amines) is 1. The van der Waals surface area contributed by atoms with Gasteiger partial charge in [-0.05, 0) is 78.0 Å². The molecule has 1 aliphatic carbocycles. The van der Waals surface area contributed by atoms with Gasteiger partial charge in [0.2, 0.25) is 5.88 Å². The summed E-state index contributed by atoms with van der Waals surface area (Å²) in [5.41, 5.74) is -1.37. The van der Waals surface area contributed by atoms with E-state index in [2.05, 4.69) is 21.3 Å². The zero-order chi connectivity index (χ0) is 44.8. The molecule has 18 heteroatoms. The summed E-state index contributed by atoms with van der Waals surface area (Å²) in [5.74, 6) is -1.31. The van der Waals surface area contributed by atoms with Crippen molar-refractivity contribution in [3.8, 4) is 29.2 Å². The Kier molecular flexibility index (Phi) is 15.4. The number of ether oxygens (including phenoxy) is 5. The molecule has 1 saturated carbocycles. The highest BCUT2D eigenvalue weighted by molar-refractivity contribution is 7.23. The number of aliphatic hydroxyl groups excluding tert-OH is 2. The van der Waals surface area contributed by atoms with Crippen LogP contribution < -0.4 is 19.7 Å². The van der Waals surface area contributed by atoms with Crippen LogP contribution in [0.3, 0.4) is 0 Å². The summed E-state index contributed by atoms with van der Waals surface area (Å²) in [6.07, 6.45) is 5.53. The lowest BCUT2D eigenvalue weighted by molar-refractivity contribution is -0.0511. The molecule has 62 heavy (non-hydrogen) atoms. The molecule has 1 aromatic carbocycles. The van der Waals surface area contributed by atoms with Gasteiger partial charge in [-0.15, -0.1) is 11.3 Å². The number of methoxy groups -OCH3 is 1. The summed E-state index contributed by atoms with van der Waals surface area (Å²) in [5, 5.41) is 30.9. The van der Waals surface area contributed by atoms with E-state index in [1.807, 2.05) is 13.8 Å². The van der Waals surface area contributed by atoms with Gasteiger partial charge in [-0.1, -0.05) is 20.3 Å². The summed E-state index contributed by atoms with van der Waals surface area (Å²) < 4.78 is 62.0. The number of anilines is 2. The molecule has 0 spiro atoms. The van der Waals surface area contributed by atoms with Crippen molar-refractivity contribution in [2.75, 3.05) is 77.1 Å². The van der Waals surface area contributed by atoms with Crippen LogP contribution in [0.4, 0.5) is 24.4 Å². The van der Waals surface area contributed by atoms with E-state index in [9.17, 15) is 15.2 Å². The molecule has 0 radical (unpaired) electrons. The molecule has 3 atom stereocenters. The third-order valence-corrected chi connectivity index (χ3v) is 12.8. The maximum absolute atomic E-state index is 17.5. The highest BCUT2D eigenvalue weighted by atomic mass is 32.1. The van der Waals surface area contributed by atoms with Gasteiger partial charge in [0.15, 0.2) is 5.82 Å². The number of halogens is 2. The Morgan fingerprint density at radius 1 is 1.05 bits per heavy atom. The Bertz CT molecular complexity index is 2250. The number of nitrogens with one attached hydrogen (secondary N) is 1. The molecule has 4 fully saturated rings. The summed E-state index contributed by atoms with van der Waals surface area (Å²) in [6, 6.07) is 5.34. The number of hydrogen-bond donors (Lipinski definition) is 3. The maximum atomic E-state index is 17.5. The van der Waals surface area contributed by atoms with Gasteiger partial charge in [-0.2, -0.15) is 15.2 Å². The fourth-order valence-electron chi connectivity index (χ4n) is 9.27. The molecule has 8 rings (SSSR count). The fraction of sp³-hybridized carbons (Fsp3) is 0.614. The Morgan fingerprint density at radius 3 is 2.50 bits per heavy atom. The van der Waals surface area contributed by atoms with E-state index in [0.29, 0.717) is 25.2 Å². The molecule has 0 bridgehead atoms. The van der Waals surface area contributed by atoms with Gasteiger partial charge >= 0.3 is 12.1 Å². The molecule has 6 heterocycles. The van der Waals surface area contributed by atoms with Gasteiger partial charge in [0, 0.05) is 61.9 Å². The first kappa shape index (κ1) is 47.0. The molecule has 338 valence electrons. The molecule has 3 aliphatic heterocycles. The second-order valence-corrected chi connectivity index (χ2v) is 17.6. The first-order valence-electron chi connectivity index (χ1n) is 21.4. The van der Waals surface area contributed by atoms with Crippen LogP contribution in [0.25, 0.3) is 32.2 Å². The number of nitrogens with zero attached hydrogens (tertiary/aromatic N) is 6. The topological polar surface area (TPSA) is 185 Å². The minimum absolute atomic E-state index is 0.0129. The number of nitriles is 1. The first-order chi connectivity index (χ1) is 29.9. The molecular formula is C44H59F2N7O8S. The van der Waals surface area contributed by atoms with Crippen LogP contribution >= 0.6 is 11.3 Å². The van der Waals surface area contributed by atoms with Crippen LogP contribution in [-0.4, -0.2) is 127 Å². The van der Waals surface area contributed by atoms with Gasteiger partial charge in [0.05, 0.1) is 43.3 Å². The Balaban J connectivity index is 0.00000156. The number of fused-ring (bicyclic) bond motifs is 3. The highest BCUT2D eigenvalue weighted by Crippen LogP contribution is 2.50. The first-order valence-corrected chi connectivity index (χ1v) is 22.2. The standard InChI is InChI=1S/C41H49F2N7O7S.C2H6.CH4O/c1-40(2,3)57-39(52)48-37-26(19-44)29-25(8-9-27(42)34(29)58-37)32-31(43)33-30(36(45-32)53-4)35(49-15-18-55-21-24(51)20-49)47-38(46-33)56-22-41-12-5-7-28(41)50(14-6-13-41)23-10-16-54-17-11-23;2*1-2/h8-9,23-24,28,51H,5-7,10-18,20-22H2,1-4H3,(H,48,52);1-2H3;2H,1H3. The highest BCUT2D eigenvalue weighted by Gasteiger charge is 2.50. The molecule has 15 nitrogen and oxygen atoms in total. The number of carbonyl (C=O) groups is 1. The minimum atomic E-state index is -0.874. The van der Waals surface area contributed by atoms with Gasteiger partial charge in [0.1, 0.15) is 44.9 Å². The summed E-state index contributed by atoms with van der Waals surface area (Å²) in [4.78, 5) is 31.4. The van der Waals surface area contributed by atoms with E-state index in [-0.39, 0.29) is 85.7 Å². The average molecular weight is 884 g/mol. The van der Waals surface area contributed by atoms with Crippen molar-refractivity contribution in [1.82, 2.24) is 19.9 Å². The van der Waals surface area contributed by atoms with Crippen LogP contribution in [0.1, 0.15) is 85.1 Å². The zero-order valence-electron chi connectivity index (χ0n) is 36.7. The summed E-state index contributed by atoms with van der Waals surface area (Å²) >= 11 is 0.831. The smallest absolute Gasteiger partial charge is 0.412 e. The predicted octanol–water partition coefficient (Wildman–Crippen LogP) is 7.44. The second-order valence-electron chi connectivity index (χ2n) is 16.6. The molecule has 1 amide bonds. The lowest BCUT2D eigenvalue weighted by Crippen LogP contribution is -2.56. The predicted molar refractivity (Wildman–Crippen MR) is 233 cm³/mol. The number of rotatable bonds is 8. The maximum Gasteiger partial charge on any atom is 0.412 e. The van der Waals surface area contributed by atoms with Crippen molar-refractivity contribution in [3.63, 3.8) is 0 Å². The molecule has 3 saturated heterocycles. The molecule has 3 N–H and O–H groups in total. The Morgan fingerprint density at radius 2 is 1.79 bits per heavy atom. The van der Waals surface area contributed by atoms with Crippen molar-refractivity contribution >= 4 is 49.2 Å². The second kappa shape index (κ2) is 20.3. The molecule has 3 aromatic heterocycles. The third-order valence-electron chi connectivity index (χ3n) is 11.7. The Labute approximate surface area is 365 Å². The number of aromatic nitrogens is 3. The normalized spacial score (nSPS) is 22.1. The van der Waals surface area contributed by atoms with Crippen molar-refractivity contribution in [3.05, 3.63) is 29.3 Å². The zero-order valence-corrected chi connectivity index (χ0v) is 37.5. The van der Waals surface area contributed by atoms with Crippen LogP contribution in [0.5, 0.6) is 11.9 Å². The van der Waals surface area contributed by atoms with Crippen LogP contribution in [0.2, 0.25) is 0 Å². The quantitative estimate of drug-likeness (QED) is 0.159. The number of aliphatic hydroxyl groups is 2. The number of amides is 1. The van der Waals surface area contributed by atoms with Crippen LogP contribution in [-0.2, 0) is 14.2 Å². The number of pyridine rings is 1. The van der Waals surface area contributed by atoms with E-state index >= 15 is 8.78 Å². The summed E-state index contributed by atoms with van der Waals surface area (Å²) in [6.45, 7) is 12.9. The Hall–Kier alpha value is -4.51. The van der Waals surface area contributed by atoms with E-state index < -0.39 is 29.4 Å². The van der Waals surface area contributed by atoms with Crippen molar-refractivity contribution in [2.45, 2.75) is 103 Å². The van der Waals surface area contributed by atoms with Crippen molar-refractivity contribution < 1.29 is 47.5 Å². The van der Waals surface area contributed by atoms with Gasteiger partial charge in [0.25, 0.3) is 0 Å². The molecular weight excluding hydrogens is 825 g/mol. The molecule has 3 unspecified atom stereocenters. The van der Waals surface area contributed by atoms with Crippen molar-refractivity contribution in [2.24, 2.45) is 5.41 Å². The fourth-order valence-corrected chi connectivity index (χ4v) is 10.3. The van der Waals surface area contributed by atoms with Gasteiger partial charge < -0.3 is 38.8 Å². The number of thiophene rings is 1.